The summed E-state index contributed by atoms with van der Waals surface area (Å²) in [6.45, 7) is 0. The van der Waals surface area contributed by atoms with E-state index < -0.39 is 0 Å². The molecule has 6 rings (SSSR count). The van der Waals surface area contributed by atoms with Gasteiger partial charge in [0.1, 0.15) is 0 Å². The van der Waals surface area contributed by atoms with Crippen LogP contribution >= 0.6 is 11.6 Å². The first-order valence-electron chi connectivity index (χ1n) is 7.72. The van der Waals surface area contributed by atoms with E-state index in [2.05, 4.69) is 72.8 Å². The Balaban J connectivity index is 2.00. The maximum absolute atomic E-state index is 6.65. The Morgan fingerprint density at radius 1 is 0.636 bits per heavy atom. The Labute approximate surface area is 135 Å². The first-order chi connectivity index (χ1) is 10.9. The van der Waals surface area contributed by atoms with Crippen molar-refractivity contribution in [2.75, 3.05) is 5.88 Å². The van der Waals surface area contributed by atoms with Crippen molar-refractivity contribution in [1.82, 2.24) is 0 Å². The van der Waals surface area contributed by atoms with Crippen molar-refractivity contribution in [1.29, 1.82) is 0 Å². The Kier molecular flexibility index (Phi) is 2.41. The van der Waals surface area contributed by atoms with Gasteiger partial charge in [0.25, 0.3) is 0 Å². The molecule has 3 aliphatic rings. The van der Waals surface area contributed by atoms with Gasteiger partial charge in [0.05, 0.1) is 5.41 Å². The van der Waals surface area contributed by atoms with Gasteiger partial charge in [0, 0.05) is 11.8 Å². The summed E-state index contributed by atoms with van der Waals surface area (Å²) in [5.74, 6) is 0.916. The van der Waals surface area contributed by atoms with Gasteiger partial charge in [0.15, 0.2) is 0 Å². The highest BCUT2D eigenvalue weighted by Gasteiger charge is 2.50. The number of hydrogen-bond donors (Lipinski definition) is 0. The highest BCUT2D eigenvalue weighted by atomic mass is 35.5. The van der Waals surface area contributed by atoms with E-state index in [0.717, 1.165) is 0 Å². The largest absolute Gasteiger partial charge is 0.125 e. The Morgan fingerprint density at radius 2 is 1.00 bits per heavy atom. The van der Waals surface area contributed by atoms with Crippen LogP contribution in [0, 0.1) is 0 Å². The molecule has 106 valence electrons. The minimum atomic E-state index is -0.208. The molecule has 0 radical (unpaired) electrons. The Hall–Kier alpha value is -2.05. The molecule has 0 fully saturated rings. The lowest BCUT2D eigenvalue weighted by atomic mass is 9.54. The lowest BCUT2D eigenvalue weighted by molar-refractivity contribution is 0.599. The van der Waals surface area contributed by atoms with Crippen molar-refractivity contribution in [3.8, 4) is 0 Å². The van der Waals surface area contributed by atoms with E-state index in [1.807, 2.05) is 0 Å². The first kappa shape index (κ1) is 12.5. The lowest BCUT2D eigenvalue weighted by Crippen LogP contribution is -2.43. The number of benzene rings is 3. The second kappa shape index (κ2) is 4.24. The van der Waals surface area contributed by atoms with Crippen molar-refractivity contribution in [2.24, 2.45) is 0 Å². The summed E-state index contributed by atoms with van der Waals surface area (Å²) in [6.07, 6.45) is 0. The molecule has 22 heavy (non-hydrogen) atoms. The van der Waals surface area contributed by atoms with Crippen LogP contribution in [0.1, 0.15) is 39.3 Å². The highest BCUT2D eigenvalue weighted by Crippen LogP contribution is 2.59. The van der Waals surface area contributed by atoms with Gasteiger partial charge in [-0.2, -0.15) is 0 Å². The smallest absolute Gasteiger partial charge is 0.0595 e. The standard InChI is InChI=1S/C21H15Cl/c22-13-21-17-10-4-1-7-14(17)20(15-8-2-5-11-18(15)21)16-9-3-6-12-19(16)21/h1-12,20H,13H2. The SMILES string of the molecule is ClCC12c3ccccc3C(c3ccccc31)c1ccccc12. The fraction of sp³-hybridized carbons (Fsp3) is 0.143. The minimum absolute atomic E-state index is 0.208. The van der Waals surface area contributed by atoms with Crippen molar-refractivity contribution < 1.29 is 0 Å². The molecule has 0 amide bonds. The van der Waals surface area contributed by atoms with E-state index in [1.54, 1.807) is 0 Å². The summed E-state index contributed by atoms with van der Waals surface area (Å²) >= 11 is 6.65. The minimum Gasteiger partial charge on any atom is -0.125 e. The average Bonchev–Trinajstić information content (AvgIpc) is 2.61. The van der Waals surface area contributed by atoms with E-state index in [9.17, 15) is 0 Å². The number of hydrogen-bond acceptors (Lipinski definition) is 0. The van der Waals surface area contributed by atoms with Crippen LogP contribution in [-0.4, -0.2) is 5.88 Å². The first-order valence-corrected chi connectivity index (χ1v) is 8.25. The molecule has 0 nitrogen and oxygen atoms in total. The molecule has 0 aromatic heterocycles. The number of rotatable bonds is 1. The molecular formula is C21H15Cl. The average molecular weight is 303 g/mol. The molecule has 0 saturated carbocycles. The van der Waals surface area contributed by atoms with Crippen LogP contribution in [0.15, 0.2) is 72.8 Å². The fourth-order valence-corrected chi connectivity index (χ4v) is 5.00. The van der Waals surface area contributed by atoms with E-state index in [1.165, 1.54) is 33.4 Å². The second-order valence-corrected chi connectivity index (χ2v) is 6.50. The predicted molar refractivity (Wildman–Crippen MR) is 90.9 cm³/mol. The van der Waals surface area contributed by atoms with Crippen LogP contribution < -0.4 is 0 Å². The van der Waals surface area contributed by atoms with Crippen molar-refractivity contribution in [2.45, 2.75) is 11.3 Å². The third-order valence-electron chi connectivity index (χ3n) is 5.40. The molecule has 3 aromatic rings. The zero-order valence-electron chi connectivity index (χ0n) is 12.1. The quantitative estimate of drug-likeness (QED) is 0.551. The molecule has 0 aliphatic heterocycles. The summed E-state index contributed by atoms with van der Waals surface area (Å²) < 4.78 is 0. The van der Waals surface area contributed by atoms with Gasteiger partial charge in [-0.3, -0.25) is 0 Å². The van der Waals surface area contributed by atoms with Crippen LogP contribution in [0.3, 0.4) is 0 Å². The molecule has 0 spiro atoms. The fourth-order valence-electron chi connectivity index (χ4n) is 4.57. The third kappa shape index (κ3) is 1.26. The van der Waals surface area contributed by atoms with Crippen molar-refractivity contribution in [3.63, 3.8) is 0 Å². The summed E-state index contributed by atoms with van der Waals surface area (Å²) in [5.41, 5.74) is 8.19. The van der Waals surface area contributed by atoms with Crippen LogP contribution in [0.25, 0.3) is 0 Å². The third-order valence-corrected chi connectivity index (χ3v) is 5.80. The van der Waals surface area contributed by atoms with Crippen molar-refractivity contribution >= 4 is 11.6 Å². The lowest BCUT2D eigenvalue weighted by Gasteiger charge is -2.50. The molecule has 3 aliphatic carbocycles. The zero-order chi connectivity index (χ0) is 14.7. The van der Waals surface area contributed by atoms with Gasteiger partial charge in [-0.25, -0.2) is 0 Å². The van der Waals surface area contributed by atoms with Crippen LogP contribution in [0.2, 0.25) is 0 Å². The van der Waals surface area contributed by atoms with E-state index in [0.29, 0.717) is 11.8 Å². The van der Waals surface area contributed by atoms with Crippen LogP contribution in [0.4, 0.5) is 0 Å². The van der Waals surface area contributed by atoms with E-state index in [4.69, 9.17) is 11.6 Å². The summed E-state index contributed by atoms with van der Waals surface area (Å²) in [6, 6.07) is 26.4. The van der Waals surface area contributed by atoms with E-state index >= 15 is 0 Å². The van der Waals surface area contributed by atoms with Crippen LogP contribution in [-0.2, 0) is 5.41 Å². The topological polar surface area (TPSA) is 0 Å². The Bertz CT molecular complexity index is 778. The highest BCUT2D eigenvalue weighted by molar-refractivity contribution is 6.19. The van der Waals surface area contributed by atoms with Gasteiger partial charge in [-0.05, 0) is 33.4 Å². The maximum Gasteiger partial charge on any atom is 0.0595 e. The molecule has 0 saturated heterocycles. The molecule has 0 N–H and O–H groups in total. The van der Waals surface area contributed by atoms with Gasteiger partial charge < -0.3 is 0 Å². The van der Waals surface area contributed by atoms with Gasteiger partial charge in [-0.15, -0.1) is 11.6 Å². The Morgan fingerprint density at radius 3 is 1.36 bits per heavy atom. The van der Waals surface area contributed by atoms with E-state index in [-0.39, 0.29) is 5.41 Å². The summed E-state index contributed by atoms with van der Waals surface area (Å²) in [7, 11) is 0. The molecule has 2 bridgehead atoms. The summed E-state index contributed by atoms with van der Waals surface area (Å²) in [4.78, 5) is 0. The van der Waals surface area contributed by atoms with Gasteiger partial charge >= 0.3 is 0 Å². The van der Waals surface area contributed by atoms with Crippen LogP contribution in [0.5, 0.6) is 0 Å². The molecule has 0 atom stereocenters. The van der Waals surface area contributed by atoms with Crippen molar-refractivity contribution in [3.05, 3.63) is 106 Å². The summed E-state index contributed by atoms with van der Waals surface area (Å²) in [5, 5.41) is 0. The number of halogens is 1. The molecule has 1 heteroatoms. The molecule has 0 unspecified atom stereocenters. The molecular weight excluding hydrogens is 288 g/mol. The normalized spacial score (nSPS) is 23.6. The second-order valence-electron chi connectivity index (χ2n) is 6.23. The molecule has 3 aromatic carbocycles. The molecule has 0 heterocycles. The van der Waals surface area contributed by atoms with Gasteiger partial charge in [-0.1, -0.05) is 72.8 Å². The number of alkyl halides is 1. The zero-order valence-corrected chi connectivity index (χ0v) is 12.8. The van der Waals surface area contributed by atoms with Gasteiger partial charge in [0.2, 0.25) is 0 Å². The predicted octanol–water partition coefficient (Wildman–Crippen LogP) is 5.07. The monoisotopic (exact) mass is 302 g/mol. The maximum atomic E-state index is 6.65.